The lowest BCUT2D eigenvalue weighted by Gasteiger charge is -2.36. The van der Waals surface area contributed by atoms with E-state index in [1.165, 1.54) is 5.56 Å². The molecule has 2 atom stereocenters. The maximum atomic E-state index is 11.6. The number of rotatable bonds is 3. The number of fused-ring (bicyclic) bond motifs is 2. The van der Waals surface area contributed by atoms with Gasteiger partial charge in [-0.3, -0.25) is 4.90 Å². The second kappa shape index (κ2) is 11.3. The molecule has 0 aliphatic carbocycles. The summed E-state index contributed by atoms with van der Waals surface area (Å²) in [6.07, 6.45) is 3.01. The summed E-state index contributed by atoms with van der Waals surface area (Å²) in [5, 5.41) is 26.2. The first-order chi connectivity index (χ1) is 21.4. The maximum absolute atomic E-state index is 11.6. The molecule has 0 saturated heterocycles. The molecule has 3 N–H and O–H groups in total. The van der Waals surface area contributed by atoms with Crippen molar-refractivity contribution >= 4 is 0 Å². The van der Waals surface area contributed by atoms with Crippen LogP contribution in [0.3, 0.4) is 0 Å². The molecule has 44 heavy (non-hydrogen) atoms. The van der Waals surface area contributed by atoms with Crippen LogP contribution in [-0.4, -0.2) is 56.6 Å². The Hall–Kier alpha value is -4.40. The van der Waals surface area contributed by atoms with Crippen molar-refractivity contribution in [2.75, 3.05) is 41.5 Å². The first-order valence-corrected chi connectivity index (χ1v) is 15.1. The van der Waals surface area contributed by atoms with E-state index < -0.39 is 0 Å². The molecule has 228 valence electrons. The fraction of sp³-hybridized carbons (Fsp3) is 0.333. The number of phenolic OH excluding ortho intramolecular Hbond substituents is 2. The molecular weight excluding hydrogens is 556 g/mol. The second-order valence-electron chi connectivity index (χ2n) is 11.9. The van der Waals surface area contributed by atoms with Crippen molar-refractivity contribution < 1.29 is 29.2 Å². The van der Waals surface area contributed by atoms with E-state index in [-0.39, 0.29) is 23.6 Å². The molecule has 0 spiro atoms. The van der Waals surface area contributed by atoms with Gasteiger partial charge in [-0.15, -0.1) is 0 Å². The Morgan fingerprint density at radius 3 is 2.34 bits per heavy atom. The number of likely N-dealkylation sites (N-methyl/N-ethyl adjacent to an activating group) is 1. The summed E-state index contributed by atoms with van der Waals surface area (Å²) in [5.74, 6) is 2.81. The summed E-state index contributed by atoms with van der Waals surface area (Å²) in [7, 11) is 6.98. The van der Waals surface area contributed by atoms with E-state index in [0.717, 1.165) is 64.9 Å². The van der Waals surface area contributed by atoms with E-state index in [2.05, 4.69) is 41.5 Å². The van der Waals surface area contributed by atoms with Crippen molar-refractivity contribution in [2.24, 2.45) is 0 Å². The zero-order chi connectivity index (χ0) is 30.5. The average molecular weight is 595 g/mol. The van der Waals surface area contributed by atoms with Crippen LogP contribution in [0.15, 0.2) is 54.6 Å². The molecule has 4 heterocycles. The topological polar surface area (TPSA) is 92.7 Å². The molecule has 8 heteroatoms. The molecule has 8 nitrogen and oxygen atoms in total. The lowest BCUT2D eigenvalue weighted by Crippen LogP contribution is -2.34. The van der Waals surface area contributed by atoms with Gasteiger partial charge < -0.3 is 34.5 Å². The number of methoxy groups -OCH3 is 3. The average Bonchev–Trinajstić information content (AvgIpc) is 3.04. The molecule has 0 saturated carbocycles. The highest BCUT2D eigenvalue weighted by Crippen LogP contribution is 2.51. The Kier molecular flexibility index (Phi) is 7.26. The lowest BCUT2D eigenvalue weighted by molar-refractivity contribution is 0.221. The van der Waals surface area contributed by atoms with Gasteiger partial charge in [0.2, 0.25) is 5.75 Å². The number of hydrogen-bond donors (Lipinski definition) is 3. The molecule has 0 amide bonds. The van der Waals surface area contributed by atoms with E-state index in [0.29, 0.717) is 41.6 Å². The quantitative estimate of drug-likeness (QED) is 0.262. The summed E-state index contributed by atoms with van der Waals surface area (Å²) < 4.78 is 24.1. The predicted octanol–water partition coefficient (Wildman–Crippen LogP) is 6.10. The van der Waals surface area contributed by atoms with Crippen molar-refractivity contribution in [2.45, 2.75) is 37.8 Å². The highest BCUT2D eigenvalue weighted by Gasteiger charge is 2.34. The van der Waals surface area contributed by atoms with Crippen LogP contribution in [0.1, 0.15) is 45.5 Å². The first-order valence-electron chi connectivity index (χ1n) is 15.1. The number of ether oxygens (including phenoxy) is 4. The van der Waals surface area contributed by atoms with E-state index in [1.54, 1.807) is 27.4 Å². The van der Waals surface area contributed by atoms with Gasteiger partial charge in [0.15, 0.2) is 23.0 Å². The van der Waals surface area contributed by atoms with Gasteiger partial charge in [-0.1, -0.05) is 18.2 Å². The summed E-state index contributed by atoms with van der Waals surface area (Å²) >= 11 is 0. The summed E-state index contributed by atoms with van der Waals surface area (Å²) in [6, 6.07) is 17.9. The molecule has 4 aliphatic rings. The Labute approximate surface area is 257 Å². The molecular formula is C36H38N2O6. The van der Waals surface area contributed by atoms with Gasteiger partial charge in [0.1, 0.15) is 11.5 Å². The number of nitrogens with zero attached hydrogens (tertiary/aromatic N) is 1. The zero-order valence-corrected chi connectivity index (χ0v) is 25.6. The van der Waals surface area contributed by atoms with Gasteiger partial charge in [-0.2, -0.15) is 0 Å². The molecule has 4 aliphatic heterocycles. The number of benzene rings is 4. The second-order valence-corrected chi connectivity index (χ2v) is 11.9. The Morgan fingerprint density at radius 2 is 1.55 bits per heavy atom. The first kappa shape index (κ1) is 28.4. The molecule has 0 fully saturated rings. The smallest absolute Gasteiger partial charge is 0.201 e. The van der Waals surface area contributed by atoms with E-state index in [1.807, 2.05) is 24.3 Å². The minimum Gasteiger partial charge on any atom is -0.507 e. The Balaban J connectivity index is 1.49. The highest BCUT2D eigenvalue weighted by molar-refractivity contribution is 5.76. The van der Waals surface area contributed by atoms with E-state index in [9.17, 15) is 10.2 Å². The Morgan fingerprint density at radius 1 is 0.795 bits per heavy atom. The van der Waals surface area contributed by atoms with Crippen molar-refractivity contribution in [3.63, 3.8) is 0 Å². The zero-order valence-electron chi connectivity index (χ0n) is 25.6. The van der Waals surface area contributed by atoms with Crippen LogP contribution in [0.4, 0.5) is 0 Å². The normalized spacial score (nSPS) is 19.0. The van der Waals surface area contributed by atoms with Crippen LogP contribution in [0.25, 0.3) is 11.1 Å². The molecule has 6 bridgehead atoms. The number of phenols is 2. The van der Waals surface area contributed by atoms with Crippen LogP contribution in [-0.2, 0) is 25.7 Å². The maximum Gasteiger partial charge on any atom is 0.201 e. The van der Waals surface area contributed by atoms with Crippen molar-refractivity contribution in [3.8, 4) is 51.4 Å². The van der Waals surface area contributed by atoms with Crippen LogP contribution in [0.5, 0.6) is 40.2 Å². The van der Waals surface area contributed by atoms with Gasteiger partial charge in [0.25, 0.3) is 0 Å². The van der Waals surface area contributed by atoms with Crippen molar-refractivity contribution in [3.05, 3.63) is 88.0 Å². The van der Waals surface area contributed by atoms with Crippen molar-refractivity contribution in [1.82, 2.24) is 10.2 Å². The van der Waals surface area contributed by atoms with E-state index >= 15 is 0 Å². The fourth-order valence-electron chi connectivity index (χ4n) is 7.10. The SMILES string of the molecule is COc1cc2c3cc1Oc1c(O)c(OC)cc4c1[C@@H](Cc1ccc(c(OC)c1)-c1cc(ccc1O)C[C@@H]3NCC2)N(C)CC4. The summed E-state index contributed by atoms with van der Waals surface area (Å²) in [5.41, 5.74) is 8.06. The standard InChI is InChI=1S/C36H38N2O6/c1-38-12-10-23-18-33(43-4)35(40)36-34(23)28(38)15-21-5-7-24(30(16-21)41-2)26-13-20(6-8-29(26)39)14-27-25-19-32(44-36)31(42-3)17-22(25)9-11-37-27/h5-8,13,16-19,27-28,37,39-40H,9-12,14-15H2,1-4H3/t27-,28+/m0/s1. The third-order valence-corrected chi connectivity index (χ3v) is 9.45. The predicted molar refractivity (Wildman–Crippen MR) is 169 cm³/mol. The number of nitrogens with one attached hydrogen (secondary N) is 1. The van der Waals surface area contributed by atoms with Crippen molar-refractivity contribution in [1.29, 1.82) is 0 Å². The summed E-state index contributed by atoms with van der Waals surface area (Å²) in [4.78, 5) is 2.30. The minimum atomic E-state index is -0.0911. The lowest BCUT2D eigenvalue weighted by atomic mass is 9.87. The fourth-order valence-corrected chi connectivity index (χ4v) is 7.10. The van der Waals surface area contributed by atoms with E-state index in [4.69, 9.17) is 18.9 Å². The van der Waals surface area contributed by atoms with Gasteiger partial charge in [-0.25, -0.2) is 0 Å². The minimum absolute atomic E-state index is 0.0102. The van der Waals surface area contributed by atoms with Gasteiger partial charge in [-0.05, 0) is 103 Å². The third kappa shape index (κ3) is 4.78. The number of aromatic hydroxyl groups is 2. The number of hydrogen-bond acceptors (Lipinski definition) is 8. The summed E-state index contributed by atoms with van der Waals surface area (Å²) in [6.45, 7) is 1.68. The highest BCUT2D eigenvalue weighted by atomic mass is 16.5. The molecule has 0 unspecified atom stereocenters. The van der Waals surface area contributed by atoms with Crippen LogP contribution < -0.4 is 24.3 Å². The van der Waals surface area contributed by atoms with Crippen LogP contribution in [0.2, 0.25) is 0 Å². The molecule has 0 aromatic heterocycles. The largest absolute Gasteiger partial charge is 0.507 e. The van der Waals surface area contributed by atoms with Gasteiger partial charge in [0, 0.05) is 35.3 Å². The van der Waals surface area contributed by atoms with Gasteiger partial charge >= 0.3 is 0 Å². The molecule has 4 aromatic carbocycles. The van der Waals surface area contributed by atoms with Crippen LogP contribution >= 0.6 is 0 Å². The third-order valence-electron chi connectivity index (χ3n) is 9.45. The monoisotopic (exact) mass is 594 g/mol. The van der Waals surface area contributed by atoms with Gasteiger partial charge in [0.05, 0.1) is 21.3 Å². The van der Waals surface area contributed by atoms with Crippen LogP contribution in [0, 0.1) is 0 Å². The molecule has 4 aromatic rings. The Bertz CT molecular complexity index is 1750. The molecule has 8 rings (SSSR count). The molecule has 0 radical (unpaired) electrons.